The van der Waals surface area contributed by atoms with E-state index in [0.717, 1.165) is 22.8 Å². The molecule has 0 saturated carbocycles. The molecular formula is C27H38N4O4. The third kappa shape index (κ3) is 7.50. The van der Waals surface area contributed by atoms with Crippen LogP contribution in [0.1, 0.15) is 45.6 Å². The zero-order chi connectivity index (χ0) is 25.6. The summed E-state index contributed by atoms with van der Waals surface area (Å²) in [6.07, 6.45) is 1.09. The van der Waals surface area contributed by atoms with Crippen LogP contribution in [-0.4, -0.2) is 65.5 Å². The van der Waals surface area contributed by atoms with E-state index >= 15 is 0 Å². The summed E-state index contributed by atoms with van der Waals surface area (Å²) in [6.45, 7) is 6.55. The Morgan fingerprint density at radius 2 is 1.86 bits per heavy atom. The Balaban J connectivity index is 1.76. The van der Waals surface area contributed by atoms with Gasteiger partial charge in [-0.1, -0.05) is 63.2 Å². The van der Waals surface area contributed by atoms with Gasteiger partial charge in [0.25, 0.3) is 0 Å². The van der Waals surface area contributed by atoms with E-state index in [1.807, 2.05) is 63.2 Å². The standard InChI is InChI=1S/C27H38N4O4/c1-27(2,3)15-24(33)31-12-6-9-23(31)26(35)30-22(25(34)29-17-21(32)16-28)14-18-10-11-19-7-4-5-8-20(19)13-18/h4-5,7-8,10-11,13,21-23,32H,6,9,12,14-17,28H2,1-3H3,(H,29,34)(H,30,35)/t21?,22-,23+/m1/s1. The van der Waals surface area contributed by atoms with Crippen LogP contribution in [0.15, 0.2) is 42.5 Å². The van der Waals surface area contributed by atoms with Gasteiger partial charge in [-0.25, -0.2) is 0 Å². The molecule has 190 valence electrons. The van der Waals surface area contributed by atoms with Crippen molar-refractivity contribution in [3.05, 3.63) is 48.0 Å². The molecule has 0 aliphatic carbocycles. The fourth-order valence-electron chi connectivity index (χ4n) is 4.40. The fraction of sp³-hybridized carbons (Fsp3) is 0.519. The smallest absolute Gasteiger partial charge is 0.243 e. The number of hydrogen-bond acceptors (Lipinski definition) is 5. The number of fused-ring (bicyclic) bond motifs is 1. The van der Waals surface area contributed by atoms with Crippen molar-refractivity contribution in [3.8, 4) is 0 Å². The Bertz CT molecular complexity index is 1050. The zero-order valence-corrected chi connectivity index (χ0v) is 20.9. The molecule has 1 aliphatic rings. The molecule has 0 aromatic heterocycles. The van der Waals surface area contributed by atoms with Gasteiger partial charge in [-0.05, 0) is 34.6 Å². The Morgan fingerprint density at radius 3 is 2.54 bits per heavy atom. The quantitative estimate of drug-likeness (QED) is 0.433. The van der Waals surface area contributed by atoms with E-state index in [9.17, 15) is 19.5 Å². The van der Waals surface area contributed by atoms with Crippen LogP contribution in [0.25, 0.3) is 10.8 Å². The average Bonchev–Trinajstić information content (AvgIpc) is 3.31. The first-order valence-electron chi connectivity index (χ1n) is 12.3. The maximum absolute atomic E-state index is 13.3. The molecule has 3 atom stereocenters. The van der Waals surface area contributed by atoms with Gasteiger partial charge in [0.05, 0.1) is 6.10 Å². The van der Waals surface area contributed by atoms with Gasteiger partial charge in [-0.15, -0.1) is 0 Å². The predicted molar refractivity (Wildman–Crippen MR) is 136 cm³/mol. The van der Waals surface area contributed by atoms with E-state index in [4.69, 9.17) is 5.73 Å². The highest BCUT2D eigenvalue weighted by atomic mass is 16.3. The number of amides is 3. The van der Waals surface area contributed by atoms with Crippen LogP contribution in [0.3, 0.4) is 0 Å². The van der Waals surface area contributed by atoms with Crippen LogP contribution in [0.2, 0.25) is 0 Å². The summed E-state index contributed by atoms with van der Waals surface area (Å²) >= 11 is 0. The number of nitrogens with zero attached hydrogens (tertiary/aromatic N) is 1. The second kappa shape index (κ2) is 11.6. The Kier molecular flexibility index (Phi) is 8.86. The number of benzene rings is 2. The van der Waals surface area contributed by atoms with Crippen molar-refractivity contribution < 1.29 is 19.5 Å². The largest absolute Gasteiger partial charge is 0.390 e. The van der Waals surface area contributed by atoms with Crippen LogP contribution in [0.5, 0.6) is 0 Å². The number of aliphatic hydroxyl groups excluding tert-OH is 1. The molecule has 1 unspecified atom stereocenters. The summed E-state index contributed by atoms with van der Waals surface area (Å²) in [6, 6.07) is 12.4. The number of aliphatic hydroxyl groups is 1. The molecule has 0 radical (unpaired) electrons. The highest BCUT2D eigenvalue weighted by Crippen LogP contribution is 2.25. The van der Waals surface area contributed by atoms with Crippen molar-refractivity contribution >= 4 is 28.5 Å². The van der Waals surface area contributed by atoms with Gasteiger partial charge in [0.2, 0.25) is 17.7 Å². The normalized spacial score (nSPS) is 17.7. The molecule has 35 heavy (non-hydrogen) atoms. The molecule has 2 aromatic rings. The van der Waals surface area contributed by atoms with Crippen LogP contribution in [0, 0.1) is 5.41 Å². The van der Waals surface area contributed by atoms with E-state index in [1.54, 1.807) is 4.90 Å². The van der Waals surface area contributed by atoms with E-state index < -0.39 is 24.1 Å². The number of rotatable bonds is 9. The van der Waals surface area contributed by atoms with Crippen molar-refractivity contribution in [1.82, 2.24) is 15.5 Å². The SMILES string of the molecule is CC(C)(C)CC(=O)N1CCC[C@H]1C(=O)N[C@H](Cc1ccc2ccccc2c1)C(=O)NCC(O)CN. The lowest BCUT2D eigenvalue weighted by Crippen LogP contribution is -2.54. The highest BCUT2D eigenvalue weighted by Gasteiger charge is 2.36. The van der Waals surface area contributed by atoms with Gasteiger partial charge >= 0.3 is 0 Å². The molecule has 1 fully saturated rings. The van der Waals surface area contributed by atoms with Crippen LogP contribution in [-0.2, 0) is 20.8 Å². The van der Waals surface area contributed by atoms with Gasteiger partial charge < -0.3 is 26.4 Å². The second-order valence-corrected chi connectivity index (χ2v) is 10.6. The summed E-state index contributed by atoms with van der Waals surface area (Å²) in [7, 11) is 0. The minimum absolute atomic E-state index is 0.000946. The summed E-state index contributed by atoms with van der Waals surface area (Å²) in [5, 5.41) is 17.5. The van der Waals surface area contributed by atoms with Crippen molar-refractivity contribution in [2.24, 2.45) is 11.1 Å². The van der Waals surface area contributed by atoms with Crippen molar-refractivity contribution in [2.45, 2.75) is 64.6 Å². The molecule has 3 rings (SSSR count). The van der Waals surface area contributed by atoms with Gasteiger partial charge in [0.1, 0.15) is 12.1 Å². The maximum atomic E-state index is 13.3. The van der Waals surface area contributed by atoms with Crippen molar-refractivity contribution in [2.75, 3.05) is 19.6 Å². The molecule has 1 saturated heterocycles. The van der Waals surface area contributed by atoms with Gasteiger partial charge in [0.15, 0.2) is 0 Å². The van der Waals surface area contributed by atoms with E-state index in [1.165, 1.54) is 0 Å². The molecule has 0 spiro atoms. The van der Waals surface area contributed by atoms with Crippen molar-refractivity contribution in [3.63, 3.8) is 0 Å². The summed E-state index contributed by atoms with van der Waals surface area (Å²) < 4.78 is 0. The lowest BCUT2D eigenvalue weighted by Gasteiger charge is -2.29. The molecular weight excluding hydrogens is 444 g/mol. The van der Waals surface area contributed by atoms with E-state index in [2.05, 4.69) is 10.6 Å². The molecule has 2 aromatic carbocycles. The van der Waals surface area contributed by atoms with Gasteiger partial charge in [-0.3, -0.25) is 14.4 Å². The Labute approximate surface area is 207 Å². The lowest BCUT2D eigenvalue weighted by molar-refractivity contribution is -0.140. The first kappa shape index (κ1) is 26.6. The van der Waals surface area contributed by atoms with Crippen LogP contribution < -0.4 is 16.4 Å². The third-order valence-electron chi connectivity index (χ3n) is 6.23. The Hall–Kier alpha value is -2.97. The summed E-state index contributed by atoms with van der Waals surface area (Å²) in [5.74, 6) is -0.772. The maximum Gasteiger partial charge on any atom is 0.243 e. The molecule has 3 amide bonds. The third-order valence-corrected chi connectivity index (χ3v) is 6.23. The minimum atomic E-state index is -0.865. The summed E-state index contributed by atoms with van der Waals surface area (Å²) in [5.41, 5.74) is 6.17. The van der Waals surface area contributed by atoms with E-state index in [0.29, 0.717) is 19.4 Å². The number of likely N-dealkylation sites (tertiary alicyclic amines) is 1. The van der Waals surface area contributed by atoms with Crippen molar-refractivity contribution in [1.29, 1.82) is 0 Å². The van der Waals surface area contributed by atoms with Crippen LogP contribution in [0.4, 0.5) is 0 Å². The average molecular weight is 483 g/mol. The molecule has 1 heterocycles. The van der Waals surface area contributed by atoms with E-state index in [-0.39, 0.29) is 36.7 Å². The fourth-order valence-corrected chi connectivity index (χ4v) is 4.40. The summed E-state index contributed by atoms with van der Waals surface area (Å²) in [4.78, 5) is 40.8. The monoisotopic (exact) mass is 482 g/mol. The predicted octanol–water partition coefficient (Wildman–Crippen LogP) is 1.73. The molecule has 5 N–H and O–H groups in total. The minimum Gasteiger partial charge on any atom is -0.390 e. The first-order valence-corrected chi connectivity index (χ1v) is 12.3. The highest BCUT2D eigenvalue weighted by molar-refractivity contribution is 5.93. The van der Waals surface area contributed by atoms with Gasteiger partial charge in [0, 0.05) is 32.5 Å². The lowest BCUT2D eigenvalue weighted by atomic mass is 9.91. The number of carbonyl (C=O) groups excluding carboxylic acids is 3. The number of carbonyl (C=O) groups is 3. The molecule has 8 nitrogen and oxygen atoms in total. The topological polar surface area (TPSA) is 125 Å². The molecule has 8 heteroatoms. The molecule has 1 aliphatic heterocycles. The van der Waals surface area contributed by atoms with Gasteiger partial charge in [-0.2, -0.15) is 0 Å². The second-order valence-electron chi connectivity index (χ2n) is 10.6. The number of nitrogens with two attached hydrogens (primary N) is 1. The molecule has 0 bridgehead atoms. The number of hydrogen-bond donors (Lipinski definition) is 4. The first-order chi connectivity index (χ1) is 16.6. The zero-order valence-electron chi connectivity index (χ0n) is 20.9. The van der Waals surface area contributed by atoms with Crippen LogP contribution >= 0.6 is 0 Å². The Morgan fingerprint density at radius 1 is 1.14 bits per heavy atom. The number of nitrogens with one attached hydrogen (secondary N) is 2.